The number of nitro benzene ring substituents is 1. The summed E-state index contributed by atoms with van der Waals surface area (Å²) in [6, 6.07) is 7.92. The molecule has 1 aromatic carbocycles. The summed E-state index contributed by atoms with van der Waals surface area (Å²) in [6.45, 7) is -3.23. The second kappa shape index (κ2) is 0.656. The molecule has 1 spiro atoms. The Labute approximate surface area is 105 Å². The summed E-state index contributed by atoms with van der Waals surface area (Å²) >= 11 is 0. The van der Waals surface area contributed by atoms with Gasteiger partial charge in [-0.3, -0.25) is 0 Å². The molecule has 10 aliphatic heterocycles. The van der Waals surface area contributed by atoms with Gasteiger partial charge in [-0.2, -0.15) is 0 Å². The molecule has 0 amide bonds. The molecule has 1 aromatic rings. The van der Waals surface area contributed by atoms with E-state index in [0.29, 0.717) is 10.0 Å². The molecule has 0 saturated carbocycles. The Morgan fingerprint density at radius 2 is 1.50 bits per heavy atom. The van der Waals surface area contributed by atoms with Crippen LogP contribution in [0.3, 0.4) is 0 Å². The minimum absolute atomic E-state index is 0.0818. The molecule has 10 heterocycles. The van der Waals surface area contributed by atoms with Gasteiger partial charge in [0.15, 0.2) is 0 Å². The molecule has 0 N–H and O–H groups in total. The van der Waals surface area contributed by atoms with Crippen LogP contribution < -0.4 is 0 Å². The van der Waals surface area contributed by atoms with Crippen molar-refractivity contribution in [1.29, 1.82) is 0 Å². The van der Waals surface area contributed by atoms with E-state index in [1.807, 2.05) is 6.07 Å². The second-order valence-corrected chi connectivity index (χ2v) is 35.0. The van der Waals surface area contributed by atoms with Gasteiger partial charge in [-0.1, -0.05) is 0 Å². The molecule has 10 aliphatic rings. The van der Waals surface area contributed by atoms with E-state index < -0.39 is 6.51 Å². The first kappa shape index (κ1) is 7.42. The summed E-state index contributed by atoms with van der Waals surface area (Å²) in [7, 11) is 0. The van der Waals surface area contributed by atoms with Crippen LogP contribution >= 0.6 is 0 Å². The topological polar surface area (TPSA) is 43.1 Å². The van der Waals surface area contributed by atoms with Crippen LogP contribution in [0.15, 0.2) is 24.3 Å². The van der Waals surface area contributed by atoms with Crippen LogP contribution in [-0.2, 0) is 10.8 Å². The summed E-state index contributed by atoms with van der Waals surface area (Å²) < 4.78 is 0.517. The van der Waals surface area contributed by atoms with E-state index in [1.165, 1.54) is 39.3 Å². The number of para-hydroxylation sites is 1. The molecule has 20 heavy (non-hydrogen) atoms. The van der Waals surface area contributed by atoms with E-state index in [9.17, 15) is 10.1 Å². The standard InChI is InChI=1S/C11H8NO2.C5H5.Fe/c13-12(14)11-8-4-3-7-10(11)9-5-1-2-6-9;1-2-4-5-3-1;/h1-8H;1-5H;. The van der Waals surface area contributed by atoms with Crippen molar-refractivity contribution in [2.45, 2.75) is 47.7 Å². The van der Waals surface area contributed by atoms with Crippen molar-refractivity contribution in [1.82, 2.24) is 0 Å². The number of hydrogen-bond donors (Lipinski definition) is 0. The van der Waals surface area contributed by atoms with Crippen molar-refractivity contribution in [3.63, 3.8) is 0 Å². The molecule has 10 saturated heterocycles. The first-order chi connectivity index (χ1) is 9.47. The van der Waals surface area contributed by atoms with E-state index in [0.717, 1.165) is 9.63 Å². The average Bonchev–Trinajstić information content (AvgIpc) is 3.39. The molecule has 4 atom stereocenters. The van der Waals surface area contributed by atoms with Gasteiger partial charge in [0.25, 0.3) is 0 Å². The van der Waals surface area contributed by atoms with Crippen LogP contribution in [-0.4, -0.2) is 4.92 Å². The van der Waals surface area contributed by atoms with Gasteiger partial charge < -0.3 is 0 Å². The molecule has 0 aliphatic carbocycles. The molecular formula is C16H13FeNO2. The molecule has 4 heteroatoms. The van der Waals surface area contributed by atoms with Crippen LogP contribution in [0, 0.1) is 10.1 Å². The summed E-state index contributed by atoms with van der Waals surface area (Å²) in [5.41, 5.74) is 1.75. The van der Waals surface area contributed by atoms with E-state index in [1.54, 1.807) is 6.07 Å². The van der Waals surface area contributed by atoms with Crippen LogP contribution in [0.5, 0.6) is 0 Å². The first-order valence-electron chi connectivity index (χ1n) is 7.92. The number of hydrogen-bond acceptors (Lipinski definition) is 2. The van der Waals surface area contributed by atoms with Crippen molar-refractivity contribution >= 4 is 5.69 Å². The van der Waals surface area contributed by atoms with E-state index in [2.05, 4.69) is 12.1 Å². The quantitative estimate of drug-likeness (QED) is 0.462. The van der Waals surface area contributed by atoms with Gasteiger partial charge in [0.05, 0.1) is 0 Å². The fraction of sp³-hybridized carbons (Fsp3) is 0.625. The maximum atomic E-state index is 11.6. The number of nitro groups is 1. The van der Waals surface area contributed by atoms with Gasteiger partial charge in [0.1, 0.15) is 0 Å². The maximum absolute atomic E-state index is 11.6. The molecule has 11 rings (SSSR count). The van der Waals surface area contributed by atoms with Crippen molar-refractivity contribution in [3.8, 4) is 0 Å². The monoisotopic (exact) mass is 307 g/mol. The Bertz CT molecular complexity index is 1190. The molecule has 3 nitrogen and oxygen atoms in total. The predicted octanol–water partition coefficient (Wildman–Crippen LogP) is 4.39. The molecule has 4 unspecified atom stereocenters. The third-order valence-electron chi connectivity index (χ3n) is 16.2. The average molecular weight is 307 g/mol. The van der Waals surface area contributed by atoms with Crippen LogP contribution in [0.2, 0.25) is 43.3 Å². The first-order valence-corrected chi connectivity index (χ1v) is 14.2. The van der Waals surface area contributed by atoms with Crippen LogP contribution in [0.4, 0.5) is 5.69 Å². The van der Waals surface area contributed by atoms with Crippen LogP contribution in [0.25, 0.3) is 0 Å². The molecule has 0 aromatic heterocycles. The fourth-order valence-electron chi connectivity index (χ4n) is 17.9. The SMILES string of the molecule is O=[N+]([O-])c1ccccc1[C]12[CH]3[CH]4[CH]5[CH]1[Fe]45321678[CH]2[CH]1[CH]6[CH]7[CH]28. The summed E-state index contributed by atoms with van der Waals surface area (Å²) in [5.74, 6) is 0. The van der Waals surface area contributed by atoms with Crippen molar-refractivity contribution < 1.29 is 11.4 Å². The minimum atomic E-state index is -3.23. The zero-order valence-corrected chi connectivity index (χ0v) is 11.7. The number of nitrogens with zero attached hydrogens (tertiary/aromatic N) is 1. The van der Waals surface area contributed by atoms with Crippen LogP contribution in [0.1, 0.15) is 5.56 Å². The van der Waals surface area contributed by atoms with Gasteiger partial charge in [0.2, 0.25) is 0 Å². The molecule has 0 bridgehead atoms. The van der Waals surface area contributed by atoms with Crippen molar-refractivity contribution in [3.05, 3.63) is 39.9 Å². The van der Waals surface area contributed by atoms with Crippen molar-refractivity contribution in [2.75, 3.05) is 0 Å². The Morgan fingerprint density at radius 1 is 0.950 bits per heavy atom. The third-order valence-corrected chi connectivity index (χ3v) is 58.5. The van der Waals surface area contributed by atoms with Gasteiger partial charge in [0, 0.05) is 0 Å². The number of fused-ring (bicyclic) bond motifs is 10. The van der Waals surface area contributed by atoms with E-state index >= 15 is 0 Å². The Morgan fingerprint density at radius 3 is 1.90 bits per heavy atom. The Kier molecular flexibility index (Phi) is 0.243. The third kappa shape index (κ3) is 0.0821. The van der Waals surface area contributed by atoms with Gasteiger partial charge in [-0.15, -0.1) is 0 Å². The predicted molar refractivity (Wildman–Crippen MR) is 68.5 cm³/mol. The molecule has 102 valence electrons. The summed E-state index contributed by atoms with van der Waals surface area (Å²) in [5, 5.41) is 11.6. The Hall–Kier alpha value is -0.861. The number of rotatable bonds is 2. The zero-order chi connectivity index (χ0) is 12.6. The van der Waals surface area contributed by atoms with Gasteiger partial charge in [-0.25, -0.2) is 0 Å². The Balaban J connectivity index is 1.50. The van der Waals surface area contributed by atoms with E-state index in [-0.39, 0.29) is 4.92 Å². The van der Waals surface area contributed by atoms with Gasteiger partial charge in [-0.05, 0) is 0 Å². The summed E-state index contributed by atoms with van der Waals surface area (Å²) in [6.07, 6.45) is 0. The number of benzene rings is 1. The normalized spacial score (nSPS) is 103. The molecule has 0 radical (unpaired) electrons. The second-order valence-electron chi connectivity index (χ2n) is 11.5. The summed E-state index contributed by atoms with van der Waals surface area (Å²) in [4.78, 5) is 22.4. The van der Waals surface area contributed by atoms with E-state index in [4.69, 9.17) is 0 Å². The molecule has 10 fully saturated rings. The molecular weight excluding hydrogens is 294 g/mol. The van der Waals surface area contributed by atoms with Gasteiger partial charge >= 0.3 is 105 Å². The van der Waals surface area contributed by atoms with Crippen molar-refractivity contribution in [2.24, 2.45) is 0 Å². The fourth-order valence-corrected chi connectivity index (χ4v) is 92.0. The zero-order valence-electron chi connectivity index (χ0n) is 10.6.